The van der Waals surface area contributed by atoms with Gasteiger partial charge in [-0.05, 0) is 36.4 Å². The van der Waals surface area contributed by atoms with Crippen molar-refractivity contribution in [3.63, 3.8) is 0 Å². The van der Waals surface area contributed by atoms with Crippen molar-refractivity contribution in [2.45, 2.75) is 4.90 Å². The molecule has 120 valence electrons. The van der Waals surface area contributed by atoms with Crippen LogP contribution in [-0.2, 0) is 4.79 Å². The molecule has 0 radical (unpaired) electrons. The lowest BCUT2D eigenvalue weighted by Crippen LogP contribution is -2.15. The van der Waals surface area contributed by atoms with E-state index in [1.165, 1.54) is 11.8 Å². The minimum atomic E-state index is -0.117. The van der Waals surface area contributed by atoms with E-state index in [1.54, 1.807) is 12.1 Å². The fourth-order valence-electron chi connectivity index (χ4n) is 2.04. The molecule has 0 atom stereocenters. The lowest BCUT2D eigenvalue weighted by atomic mass is 10.3. The SMILES string of the molecule is O=C(CSc1ccc2c(c1)OCCO2)Nc1ccc(Br)cc1Cl. The van der Waals surface area contributed by atoms with Crippen LogP contribution in [0, 0.1) is 0 Å². The van der Waals surface area contributed by atoms with E-state index in [-0.39, 0.29) is 11.7 Å². The zero-order valence-corrected chi connectivity index (χ0v) is 15.1. The van der Waals surface area contributed by atoms with Gasteiger partial charge in [0.05, 0.1) is 16.5 Å². The number of rotatable bonds is 4. The molecule has 0 bridgehead atoms. The summed E-state index contributed by atoms with van der Waals surface area (Å²) in [5.41, 5.74) is 0.600. The zero-order chi connectivity index (χ0) is 16.2. The van der Waals surface area contributed by atoms with E-state index < -0.39 is 0 Å². The van der Waals surface area contributed by atoms with Crippen LogP contribution in [0.5, 0.6) is 11.5 Å². The maximum Gasteiger partial charge on any atom is 0.234 e. The number of fused-ring (bicyclic) bond motifs is 1. The van der Waals surface area contributed by atoms with Crippen molar-refractivity contribution >= 4 is 50.9 Å². The molecule has 4 nitrogen and oxygen atoms in total. The van der Waals surface area contributed by atoms with Crippen molar-refractivity contribution in [1.82, 2.24) is 0 Å². The molecule has 0 aromatic heterocycles. The highest BCUT2D eigenvalue weighted by molar-refractivity contribution is 9.10. The molecule has 2 aromatic rings. The number of ether oxygens (including phenoxy) is 2. The lowest BCUT2D eigenvalue weighted by Gasteiger charge is -2.18. The Morgan fingerprint density at radius 1 is 1.17 bits per heavy atom. The molecule has 0 spiro atoms. The van der Waals surface area contributed by atoms with Gasteiger partial charge < -0.3 is 14.8 Å². The van der Waals surface area contributed by atoms with Crippen LogP contribution in [0.25, 0.3) is 0 Å². The second-order valence-corrected chi connectivity index (χ2v) is 7.14. The molecule has 1 amide bonds. The van der Waals surface area contributed by atoms with E-state index in [0.717, 1.165) is 20.9 Å². The van der Waals surface area contributed by atoms with Crippen molar-refractivity contribution in [1.29, 1.82) is 0 Å². The van der Waals surface area contributed by atoms with Crippen LogP contribution >= 0.6 is 39.3 Å². The van der Waals surface area contributed by atoms with Crippen LogP contribution in [0.15, 0.2) is 45.8 Å². The average Bonchev–Trinajstić information content (AvgIpc) is 2.55. The second kappa shape index (κ2) is 7.47. The number of nitrogens with one attached hydrogen (secondary N) is 1. The van der Waals surface area contributed by atoms with Crippen molar-refractivity contribution < 1.29 is 14.3 Å². The van der Waals surface area contributed by atoms with Crippen molar-refractivity contribution in [3.05, 3.63) is 45.9 Å². The van der Waals surface area contributed by atoms with Gasteiger partial charge in [-0.25, -0.2) is 0 Å². The Kier molecular flexibility index (Phi) is 5.35. The van der Waals surface area contributed by atoms with Crippen LogP contribution in [0.2, 0.25) is 5.02 Å². The predicted octanol–water partition coefficient (Wildman–Crippen LogP) is 4.60. The van der Waals surface area contributed by atoms with Gasteiger partial charge in [0.1, 0.15) is 13.2 Å². The van der Waals surface area contributed by atoms with Gasteiger partial charge in [-0.15, -0.1) is 11.8 Å². The van der Waals surface area contributed by atoms with Crippen molar-refractivity contribution in [2.75, 3.05) is 24.3 Å². The van der Waals surface area contributed by atoms with Gasteiger partial charge in [-0.3, -0.25) is 4.79 Å². The molecule has 0 aliphatic carbocycles. The molecule has 3 rings (SSSR count). The smallest absolute Gasteiger partial charge is 0.234 e. The first-order valence-corrected chi connectivity index (χ1v) is 9.05. The third-order valence-corrected chi connectivity index (χ3v) is 4.89. The van der Waals surface area contributed by atoms with Crippen LogP contribution in [0.1, 0.15) is 0 Å². The number of hydrogen-bond acceptors (Lipinski definition) is 4. The highest BCUT2D eigenvalue weighted by Gasteiger charge is 2.13. The topological polar surface area (TPSA) is 47.6 Å². The first-order valence-electron chi connectivity index (χ1n) is 6.89. The maximum absolute atomic E-state index is 12.1. The second-order valence-electron chi connectivity index (χ2n) is 4.77. The Balaban J connectivity index is 1.58. The quantitative estimate of drug-likeness (QED) is 0.743. The molecule has 23 heavy (non-hydrogen) atoms. The first kappa shape index (κ1) is 16.5. The van der Waals surface area contributed by atoms with E-state index in [9.17, 15) is 4.79 Å². The molecule has 1 aliphatic heterocycles. The number of anilines is 1. The van der Waals surface area contributed by atoms with E-state index in [4.69, 9.17) is 21.1 Å². The maximum atomic E-state index is 12.1. The third kappa shape index (κ3) is 4.34. The van der Waals surface area contributed by atoms with Gasteiger partial charge in [0.2, 0.25) is 5.91 Å². The van der Waals surface area contributed by atoms with E-state index in [1.807, 2.05) is 24.3 Å². The van der Waals surface area contributed by atoms with Crippen molar-refractivity contribution in [2.24, 2.45) is 0 Å². The number of carbonyl (C=O) groups excluding carboxylic acids is 1. The summed E-state index contributed by atoms with van der Waals surface area (Å²) in [6, 6.07) is 11.0. The summed E-state index contributed by atoms with van der Waals surface area (Å²) in [5.74, 6) is 1.63. The fourth-order valence-corrected chi connectivity index (χ4v) is 3.48. The summed E-state index contributed by atoms with van der Waals surface area (Å²) in [6.45, 7) is 1.11. The number of halogens is 2. The molecule has 0 saturated carbocycles. The summed E-state index contributed by atoms with van der Waals surface area (Å²) >= 11 is 10.8. The van der Waals surface area contributed by atoms with Gasteiger partial charge in [0.15, 0.2) is 11.5 Å². The molecule has 1 aliphatic rings. The molecular formula is C16H13BrClNO3S. The number of amides is 1. The first-order chi connectivity index (χ1) is 11.1. The van der Waals surface area contributed by atoms with Crippen LogP contribution in [0.4, 0.5) is 5.69 Å². The molecule has 7 heteroatoms. The van der Waals surface area contributed by atoms with E-state index in [2.05, 4.69) is 21.2 Å². The Labute approximate surface area is 151 Å². The number of hydrogen-bond donors (Lipinski definition) is 1. The van der Waals surface area contributed by atoms with Crippen molar-refractivity contribution in [3.8, 4) is 11.5 Å². The molecule has 1 heterocycles. The number of benzene rings is 2. The molecule has 0 unspecified atom stereocenters. The third-order valence-electron chi connectivity index (χ3n) is 3.09. The molecule has 1 N–H and O–H groups in total. The van der Waals surface area contributed by atoms with E-state index in [0.29, 0.717) is 23.9 Å². The van der Waals surface area contributed by atoms with Gasteiger partial charge in [0, 0.05) is 9.37 Å². The minimum Gasteiger partial charge on any atom is -0.486 e. The highest BCUT2D eigenvalue weighted by atomic mass is 79.9. The summed E-state index contributed by atoms with van der Waals surface area (Å²) < 4.78 is 11.9. The summed E-state index contributed by atoms with van der Waals surface area (Å²) in [4.78, 5) is 13.0. The monoisotopic (exact) mass is 413 g/mol. The van der Waals surface area contributed by atoms with Gasteiger partial charge in [0.25, 0.3) is 0 Å². The van der Waals surface area contributed by atoms with Gasteiger partial charge in [-0.1, -0.05) is 27.5 Å². The molecule has 0 saturated heterocycles. The number of thioether (sulfide) groups is 1. The minimum absolute atomic E-state index is 0.117. The van der Waals surface area contributed by atoms with Gasteiger partial charge in [-0.2, -0.15) is 0 Å². The largest absolute Gasteiger partial charge is 0.486 e. The van der Waals surface area contributed by atoms with Crippen LogP contribution in [-0.4, -0.2) is 24.9 Å². The lowest BCUT2D eigenvalue weighted by molar-refractivity contribution is -0.113. The normalized spacial score (nSPS) is 12.8. The summed E-state index contributed by atoms with van der Waals surface area (Å²) in [5, 5.41) is 3.30. The highest BCUT2D eigenvalue weighted by Crippen LogP contribution is 2.34. The Bertz CT molecular complexity index is 741. The number of carbonyl (C=O) groups is 1. The Hall–Kier alpha value is -1.37. The molecule has 2 aromatic carbocycles. The average molecular weight is 415 g/mol. The molecular weight excluding hydrogens is 402 g/mol. The Morgan fingerprint density at radius 2 is 1.96 bits per heavy atom. The fraction of sp³-hybridized carbons (Fsp3) is 0.188. The molecule has 0 fully saturated rings. The summed E-state index contributed by atoms with van der Waals surface area (Å²) in [7, 11) is 0. The Morgan fingerprint density at radius 3 is 2.74 bits per heavy atom. The van der Waals surface area contributed by atoms with Crippen LogP contribution < -0.4 is 14.8 Å². The summed E-state index contributed by atoms with van der Waals surface area (Å²) in [6.07, 6.45) is 0. The van der Waals surface area contributed by atoms with E-state index >= 15 is 0 Å². The zero-order valence-electron chi connectivity index (χ0n) is 12.0. The van der Waals surface area contributed by atoms with Gasteiger partial charge >= 0.3 is 0 Å². The van der Waals surface area contributed by atoms with Crippen LogP contribution in [0.3, 0.4) is 0 Å². The standard InChI is InChI=1S/C16H13BrClNO3S/c17-10-1-3-13(12(18)7-10)19-16(20)9-23-11-2-4-14-15(8-11)22-6-5-21-14/h1-4,7-8H,5-6,9H2,(H,19,20). The predicted molar refractivity (Wildman–Crippen MR) is 95.9 cm³/mol.